The van der Waals surface area contributed by atoms with Gasteiger partial charge in [-0.3, -0.25) is 4.79 Å². The highest BCUT2D eigenvalue weighted by atomic mass is 16.5. The van der Waals surface area contributed by atoms with Gasteiger partial charge in [0.1, 0.15) is 0 Å². The number of carbonyl (C=O) groups is 1. The fourth-order valence-electron chi connectivity index (χ4n) is 0.639. The molecule has 0 aromatic rings. The van der Waals surface area contributed by atoms with Crippen molar-refractivity contribution in [3.63, 3.8) is 0 Å². The number of amides is 1. The van der Waals surface area contributed by atoms with E-state index in [0.717, 1.165) is 0 Å². The number of hydrogen-bond donors (Lipinski definition) is 1. The number of nitrogens with one attached hydrogen (secondary N) is 1. The summed E-state index contributed by atoms with van der Waals surface area (Å²) in [6.45, 7) is 3.96. The Balaban J connectivity index is 3.26. The molecule has 9 heavy (non-hydrogen) atoms. The molecule has 0 radical (unpaired) electrons. The molecule has 1 atom stereocenters. The topological polar surface area (TPSA) is 38.3 Å². The van der Waals surface area contributed by atoms with Crippen LogP contribution in [0, 0.1) is 0 Å². The first-order chi connectivity index (χ1) is 4.16. The Morgan fingerprint density at radius 3 is 2.67 bits per heavy atom. The molecule has 0 unspecified atom stereocenters. The summed E-state index contributed by atoms with van der Waals surface area (Å²) in [4.78, 5) is 10.4. The minimum absolute atomic E-state index is 0.0143. The smallest absolute Gasteiger partial charge is 0.217 e. The molecule has 54 valence electrons. The summed E-state index contributed by atoms with van der Waals surface area (Å²) in [7, 11) is 1.61. The van der Waals surface area contributed by atoms with Crippen molar-refractivity contribution in [1.29, 1.82) is 0 Å². The highest BCUT2D eigenvalue weighted by Gasteiger charge is 1.99. The van der Waals surface area contributed by atoms with Crippen LogP contribution in [0.1, 0.15) is 13.8 Å². The third-order valence-corrected chi connectivity index (χ3v) is 0.866. The van der Waals surface area contributed by atoms with Crippen LogP contribution in [0.5, 0.6) is 0 Å². The van der Waals surface area contributed by atoms with Gasteiger partial charge in [0.05, 0.1) is 6.61 Å². The molecular weight excluding hydrogens is 118 g/mol. The minimum Gasteiger partial charge on any atom is -0.383 e. The standard InChI is InChI=1S/C6H13NO2/c1-5(4-9-3)7-6(2)8/h5H,4H2,1-3H3,(H,7,8)/t5-/m1/s1. The van der Waals surface area contributed by atoms with E-state index in [2.05, 4.69) is 5.32 Å². The van der Waals surface area contributed by atoms with Gasteiger partial charge in [-0.25, -0.2) is 0 Å². The van der Waals surface area contributed by atoms with E-state index in [1.807, 2.05) is 6.92 Å². The third-order valence-electron chi connectivity index (χ3n) is 0.866. The normalized spacial score (nSPS) is 12.8. The Morgan fingerprint density at radius 1 is 1.78 bits per heavy atom. The Morgan fingerprint density at radius 2 is 2.33 bits per heavy atom. The molecule has 0 aliphatic rings. The number of hydrogen-bond acceptors (Lipinski definition) is 2. The summed E-state index contributed by atoms with van der Waals surface area (Å²) < 4.78 is 4.79. The second-order valence-electron chi connectivity index (χ2n) is 2.06. The van der Waals surface area contributed by atoms with Crippen LogP contribution < -0.4 is 5.32 Å². The van der Waals surface area contributed by atoms with E-state index < -0.39 is 0 Å². The van der Waals surface area contributed by atoms with Crippen LogP contribution in [0.15, 0.2) is 0 Å². The van der Waals surface area contributed by atoms with Crippen LogP contribution >= 0.6 is 0 Å². The zero-order valence-corrected chi connectivity index (χ0v) is 6.10. The fourth-order valence-corrected chi connectivity index (χ4v) is 0.639. The fraction of sp³-hybridized carbons (Fsp3) is 0.833. The first-order valence-corrected chi connectivity index (χ1v) is 2.93. The molecule has 1 amide bonds. The van der Waals surface area contributed by atoms with E-state index in [0.29, 0.717) is 6.61 Å². The summed E-state index contributed by atoms with van der Waals surface area (Å²) in [5.41, 5.74) is 0. The lowest BCUT2D eigenvalue weighted by atomic mass is 10.3. The molecule has 0 aliphatic heterocycles. The van der Waals surface area contributed by atoms with Crippen LogP contribution in [0.3, 0.4) is 0 Å². The lowest BCUT2D eigenvalue weighted by molar-refractivity contribution is -0.119. The van der Waals surface area contributed by atoms with E-state index in [1.165, 1.54) is 6.92 Å². The van der Waals surface area contributed by atoms with Gasteiger partial charge in [0.2, 0.25) is 5.91 Å². The lowest BCUT2D eigenvalue weighted by Gasteiger charge is -2.09. The van der Waals surface area contributed by atoms with E-state index in [1.54, 1.807) is 7.11 Å². The predicted molar refractivity (Wildman–Crippen MR) is 35.2 cm³/mol. The number of rotatable bonds is 3. The maximum Gasteiger partial charge on any atom is 0.217 e. The molecule has 0 rings (SSSR count). The summed E-state index contributed by atoms with van der Waals surface area (Å²) in [5, 5.41) is 2.68. The molecule has 0 saturated carbocycles. The average molecular weight is 131 g/mol. The van der Waals surface area contributed by atoms with Crippen LogP contribution in [-0.2, 0) is 9.53 Å². The molecule has 3 nitrogen and oxygen atoms in total. The van der Waals surface area contributed by atoms with E-state index in [4.69, 9.17) is 4.74 Å². The van der Waals surface area contributed by atoms with Gasteiger partial charge >= 0.3 is 0 Å². The maximum atomic E-state index is 10.4. The first-order valence-electron chi connectivity index (χ1n) is 2.93. The largest absolute Gasteiger partial charge is 0.383 e. The Kier molecular flexibility index (Phi) is 4.05. The van der Waals surface area contributed by atoms with Gasteiger partial charge in [-0.15, -0.1) is 0 Å². The zero-order chi connectivity index (χ0) is 7.28. The minimum atomic E-state index is -0.0143. The monoisotopic (exact) mass is 131 g/mol. The molecular formula is C6H13NO2. The molecule has 0 heterocycles. The molecule has 0 spiro atoms. The van der Waals surface area contributed by atoms with Crippen molar-refractivity contribution in [2.75, 3.05) is 13.7 Å². The first kappa shape index (κ1) is 8.43. The highest BCUT2D eigenvalue weighted by molar-refractivity contribution is 5.73. The van der Waals surface area contributed by atoms with Crippen molar-refractivity contribution in [2.45, 2.75) is 19.9 Å². The SMILES string of the molecule is COC[C@@H](C)NC(C)=O. The molecule has 0 bridgehead atoms. The number of methoxy groups -OCH3 is 1. The number of carbonyl (C=O) groups excluding carboxylic acids is 1. The van der Waals surface area contributed by atoms with Crippen LogP contribution in [-0.4, -0.2) is 25.7 Å². The average Bonchev–Trinajstić information content (AvgIpc) is 1.63. The second-order valence-corrected chi connectivity index (χ2v) is 2.06. The van der Waals surface area contributed by atoms with Gasteiger partial charge in [-0.05, 0) is 6.92 Å². The van der Waals surface area contributed by atoms with Crippen molar-refractivity contribution < 1.29 is 9.53 Å². The quantitative estimate of drug-likeness (QED) is 0.592. The highest BCUT2D eigenvalue weighted by Crippen LogP contribution is 1.80. The summed E-state index contributed by atoms with van der Waals surface area (Å²) in [6, 6.07) is 0.118. The third kappa shape index (κ3) is 5.30. The van der Waals surface area contributed by atoms with Crippen molar-refractivity contribution >= 4 is 5.91 Å². The molecule has 0 fully saturated rings. The van der Waals surface area contributed by atoms with Gasteiger partial charge in [0, 0.05) is 20.1 Å². The zero-order valence-electron chi connectivity index (χ0n) is 6.10. The van der Waals surface area contributed by atoms with Gasteiger partial charge in [0.15, 0.2) is 0 Å². The number of ether oxygens (including phenoxy) is 1. The molecule has 3 heteroatoms. The van der Waals surface area contributed by atoms with Crippen LogP contribution in [0.2, 0.25) is 0 Å². The maximum absolute atomic E-state index is 10.4. The Hall–Kier alpha value is -0.570. The van der Waals surface area contributed by atoms with E-state index in [-0.39, 0.29) is 11.9 Å². The Bertz CT molecular complexity index is 93.1. The molecule has 0 aromatic carbocycles. The predicted octanol–water partition coefficient (Wildman–Crippen LogP) is 0.157. The van der Waals surface area contributed by atoms with Crippen molar-refractivity contribution in [3.05, 3.63) is 0 Å². The van der Waals surface area contributed by atoms with E-state index in [9.17, 15) is 4.79 Å². The van der Waals surface area contributed by atoms with Gasteiger partial charge in [-0.1, -0.05) is 0 Å². The van der Waals surface area contributed by atoms with Gasteiger partial charge in [-0.2, -0.15) is 0 Å². The molecule has 0 saturated heterocycles. The van der Waals surface area contributed by atoms with Crippen LogP contribution in [0.4, 0.5) is 0 Å². The van der Waals surface area contributed by atoms with Crippen molar-refractivity contribution in [3.8, 4) is 0 Å². The van der Waals surface area contributed by atoms with Gasteiger partial charge < -0.3 is 10.1 Å². The lowest BCUT2D eigenvalue weighted by Crippen LogP contribution is -2.33. The van der Waals surface area contributed by atoms with Gasteiger partial charge in [0.25, 0.3) is 0 Å². The summed E-state index contributed by atoms with van der Waals surface area (Å²) >= 11 is 0. The second kappa shape index (κ2) is 4.32. The molecule has 0 aliphatic carbocycles. The van der Waals surface area contributed by atoms with Crippen molar-refractivity contribution in [2.24, 2.45) is 0 Å². The Labute approximate surface area is 55.4 Å². The van der Waals surface area contributed by atoms with E-state index >= 15 is 0 Å². The summed E-state index contributed by atoms with van der Waals surface area (Å²) in [6.07, 6.45) is 0. The van der Waals surface area contributed by atoms with Crippen LogP contribution in [0.25, 0.3) is 0 Å². The summed E-state index contributed by atoms with van der Waals surface area (Å²) in [5.74, 6) is -0.0143. The molecule has 0 aromatic heterocycles. The van der Waals surface area contributed by atoms with Crippen molar-refractivity contribution in [1.82, 2.24) is 5.32 Å². The molecule has 1 N–H and O–H groups in total.